The number of aromatic nitrogens is 3. The second-order valence-corrected chi connectivity index (χ2v) is 6.59. The fraction of sp³-hybridized carbons (Fsp3) is 0.769. The van der Waals surface area contributed by atoms with Crippen molar-refractivity contribution in [3.05, 3.63) is 10.5 Å². The van der Waals surface area contributed by atoms with E-state index in [-0.39, 0.29) is 5.69 Å². The zero-order chi connectivity index (χ0) is 15.5. The molecule has 2 rings (SSSR count). The number of hydrogen-bond donors (Lipinski definition) is 3. The third-order valence-corrected chi connectivity index (χ3v) is 4.71. The van der Waals surface area contributed by atoms with Gasteiger partial charge in [-0.2, -0.15) is 0 Å². The molecule has 0 saturated heterocycles. The van der Waals surface area contributed by atoms with E-state index < -0.39 is 11.5 Å². The molecule has 3 N–H and O–H groups in total. The fourth-order valence-corrected chi connectivity index (χ4v) is 3.25. The molecule has 0 spiro atoms. The van der Waals surface area contributed by atoms with Gasteiger partial charge in [-0.15, -0.1) is 5.10 Å². The summed E-state index contributed by atoms with van der Waals surface area (Å²) in [5.74, 6) is -0.0883. The van der Waals surface area contributed by atoms with Crippen molar-refractivity contribution >= 4 is 17.7 Å². The number of thioether (sulfide) groups is 1. The molecule has 21 heavy (non-hydrogen) atoms. The Hall–Kier alpha value is -1.28. The number of carboxylic acid groups (broad SMARTS) is 1. The Morgan fingerprint density at radius 1 is 1.62 bits per heavy atom. The van der Waals surface area contributed by atoms with Crippen LogP contribution in [-0.2, 0) is 4.79 Å². The first-order valence-electron chi connectivity index (χ1n) is 7.26. The minimum absolute atomic E-state index is 0.150. The zero-order valence-corrected chi connectivity index (χ0v) is 13.2. The molecule has 1 aliphatic rings. The van der Waals surface area contributed by atoms with Gasteiger partial charge in [-0.05, 0) is 39.2 Å². The summed E-state index contributed by atoms with van der Waals surface area (Å²) in [6.07, 6.45) is 3.35. The van der Waals surface area contributed by atoms with Crippen molar-refractivity contribution in [1.82, 2.24) is 20.1 Å². The molecular weight excluding hydrogens is 292 g/mol. The van der Waals surface area contributed by atoms with Crippen LogP contribution in [0.2, 0.25) is 0 Å². The van der Waals surface area contributed by atoms with Crippen molar-refractivity contribution in [3.63, 3.8) is 0 Å². The van der Waals surface area contributed by atoms with Crippen molar-refractivity contribution in [2.75, 3.05) is 12.3 Å². The number of aliphatic carboxylic acids is 1. The molecule has 0 aromatic carbocycles. The maximum atomic E-state index is 11.6. The van der Waals surface area contributed by atoms with Gasteiger partial charge < -0.3 is 10.4 Å². The van der Waals surface area contributed by atoms with Gasteiger partial charge in [0, 0.05) is 11.8 Å². The Balaban J connectivity index is 1.84. The van der Waals surface area contributed by atoms with Gasteiger partial charge in [-0.1, -0.05) is 18.7 Å². The lowest BCUT2D eigenvalue weighted by Gasteiger charge is -2.25. The Morgan fingerprint density at radius 3 is 2.90 bits per heavy atom. The largest absolute Gasteiger partial charge is 0.480 e. The van der Waals surface area contributed by atoms with Gasteiger partial charge >= 0.3 is 11.7 Å². The van der Waals surface area contributed by atoms with Crippen LogP contribution in [0.1, 0.15) is 45.6 Å². The summed E-state index contributed by atoms with van der Waals surface area (Å²) < 4.78 is 1.71. The van der Waals surface area contributed by atoms with E-state index >= 15 is 0 Å². The highest BCUT2D eigenvalue weighted by atomic mass is 32.2. The van der Waals surface area contributed by atoms with Crippen molar-refractivity contribution in [2.24, 2.45) is 0 Å². The van der Waals surface area contributed by atoms with Gasteiger partial charge in [0.15, 0.2) is 5.16 Å². The quantitative estimate of drug-likeness (QED) is 0.468. The summed E-state index contributed by atoms with van der Waals surface area (Å²) >= 11 is 1.51. The molecule has 1 aromatic heterocycles. The second-order valence-electron chi connectivity index (χ2n) is 5.53. The lowest BCUT2D eigenvalue weighted by molar-refractivity contribution is -0.144. The summed E-state index contributed by atoms with van der Waals surface area (Å²) in [5.41, 5.74) is -1.04. The van der Waals surface area contributed by atoms with Crippen molar-refractivity contribution in [3.8, 4) is 0 Å². The minimum atomic E-state index is -0.892. The molecule has 0 amide bonds. The third-order valence-electron chi connectivity index (χ3n) is 3.68. The lowest BCUT2D eigenvalue weighted by atomic mass is 9.96. The van der Waals surface area contributed by atoms with Gasteiger partial charge in [0.1, 0.15) is 5.54 Å². The first kappa shape index (κ1) is 16.1. The molecule has 1 unspecified atom stereocenters. The number of likely N-dealkylation sites (N-methyl/N-ethyl adjacent to an activating group) is 1. The normalized spacial score (nSPS) is 17.6. The van der Waals surface area contributed by atoms with E-state index in [9.17, 15) is 14.7 Å². The number of nitrogens with one attached hydrogen (secondary N) is 2. The first-order chi connectivity index (χ1) is 9.98. The van der Waals surface area contributed by atoms with E-state index in [1.54, 1.807) is 11.5 Å². The fourth-order valence-electron chi connectivity index (χ4n) is 2.30. The van der Waals surface area contributed by atoms with E-state index in [0.29, 0.717) is 24.2 Å². The van der Waals surface area contributed by atoms with Crippen molar-refractivity contribution in [1.29, 1.82) is 0 Å². The summed E-state index contributed by atoms with van der Waals surface area (Å²) in [6.45, 7) is 4.22. The van der Waals surface area contributed by atoms with Gasteiger partial charge in [0.05, 0.1) is 0 Å². The average Bonchev–Trinajstić information content (AvgIpc) is 3.19. The van der Waals surface area contributed by atoms with Crippen LogP contribution < -0.4 is 11.0 Å². The Morgan fingerprint density at radius 2 is 2.33 bits per heavy atom. The number of nitrogens with zero attached hydrogens (tertiary/aromatic N) is 2. The summed E-state index contributed by atoms with van der Waals surface area (Å²) in [5, 5.41) is 19.5. The maximum Gasteiger partial charge on any atom is 0.344 e. The molecule has 0 bridgehead atoms. The number of hydrogen-bond acceptors (Lipinski definition) is 5. The van der Waals surface area contributed by atoms with Crippen molar-refractivity contribution < 1.29 is 9.90 Å². The van der Waals surface area contributed by atoms with Crippen molar-refractivity contribution in [2.45, 2.75) is 56.3 Å². The topological polar surface area (TPSA) is 100 Å². The first-order valence-corrected chi connectivity index (χ1v) is 8.24. The van der Waals surface area contributed by atoms with Crippen LogP contribution in [0.5, 0.6) is 0 Å². The minimum Gasteiger partial charge on any atom is -0.480 e. The maximum absolute atomic E-state index is 11.6. The Bertz CT molecular complexity index is 552. The van der Waals surface area contributed by atoms with Crippen LogP contribution in [0.3, 0.4) is 0 Å². The molecule has 1 atom stereocenters. The molecule has 0 aliphatic heterocycles. The monoisotopic (exact) mass is 314 g/mol. The number of rotatable bonds is 9. The molecular formula is C13H22N4O3S. The highest BCUT2D eigenvalue weighted by molar-refractivity contribution is 7.99. The standard InChI is InChI=1S/C13H22N4O3S/c1-3-14-13(2,10(18)19)7-4-8-21-12-16-15-11(20)17(12)9-5-6-9/h9,14H,3-8H2,1-2H3,(H,15,20)(H,18,19). The highest BCUT2D eigenvalue weighted by Crippen LogP contribution is 2.36. The van der Waals surface area contributed by atoms with E-state index in [0.717, 1.165) is 25.0 Å². The molecule has 7 nitrogen and oxygen atoms in total. The van der Waals surface area contributed by atoms with Gasteiger partial charge in [-0.3, -0.25) is 9.36 Å². The number of aromatic amines is 1. The van der Waals surface area contributed by atoms with E-state index in [1.165, 1.54) is 11.8 Å². The number of H-pyrrole nitrogens is 1. The highest BCUT2D eigenvalue weighted by Gasteiger charge is 2.31. The molecule has 1 aromatic rings. The Kier molecular flexibility index (Phi) is 5.10. The number of carbonyl (C=O) groups is 1. The summed E-state index contributed by atoms with van der Waals surface area (Å²) in [4.78, 5) is 22.9. The third kappa shape index (κ3) is 3.88. The lowest BCUT2D eigenvalue weighted by Crippen LogP contribution is -2.49. The van der Waals surface area contributed by atoms with Crippen LogP contribution in [0.25, 0.3) is 0 Å². The predicted molar refractivity (Wildman–Crippen MR) is 80.8 cm³/mol. The average molecular weight is 314 g/mol. The molecule has 118 valence electrons. The summed E-state index contributed by atoms with van der Waals surface area (Å²) in [7, 11) is 0. The summed E-state index contributed by atoms with van der Waals surface area (Å²) in [6, 6.07) is 0.296. The van der Waals surface area contributed by atoms with E-state index in [4.69, 9.17) is 0 Å². The SMILES string of the molecule is CCNC(C)(CCCSc1n[nH]c(=O)n1C1CC1)C(=O)O. The van der Waals surface area contributed by atoms with E-state index in [2.05, 4.69) is 15.5 Å². The zero-order valence-electron chi connectivity index (χ0n) is 12.4. The van der Waals surface area contributed by atoms with Gasteiger partial charge in [-0.25, -0.2) is 9.89 Å². The van der Waals surface area contributed by atoms with Gasteiger partial charge in [0.25, 0.3) is 0 Å². The van der Waals surface area contributed by atoms with Gasteiger partial charge in [0.2, 0.25) is 0 Å². The van der Waals surface area contributed by atoms with Crippen LogP contribution in [0.4, 0.5) is 0 Å². The Labute approximate surface area is 127 Å². The number of carboxylic acids is 1. The van der Waals surface area contributed by atoms with Crippen LogP contribution in [-0.4, -0.2) is 43.7 Å². The molecule has 0 radical (unpaired) electrons. The van der Waals surface area contributed by atoms with Crippen LogP contribution in [0, 0.1) is 0 Å². The molecule has 1 aliphatic carbocycles. The molecule has 1 heterocycles. The van der Waals surface area contributed by atoms with E-state index in [1.807, 2.05) is 6.92 Å². The van der Waals surface area contributed by atoms with Crippen LogP contribution >= 0.6 is 11.8 Å². The predicted octanol–water partition coefficient (Wildman–Crippen LogP) is 1.23. The molecule has 8 heteroatoms. The van der Waals surface area contributed by atoms with Crippen LogP contribution in [0.15, 0.2) is 9.95 Å². The molecule has 1 fully saturated rings. The molecule has 1 saturated carbocycles. The smallest absolute Gasteiger partial charge is 0.344 e. The second kappa shape index (κ2) is 6.65.